The first kappa shape index (κ1) is 19.5. The van der Waals surface area contributed by atoms with Crippen molar-refractivity contribution < 1.29 is 19.1 Å². The first-order chi connectivity index (χ1) is 14.7. The molecule has 0 radical (unpaired) electrons. The second kappa shape index (κ2) is 9.13. The lowest BCUT2D eigenvalue weighted by atomic mass is 10.1. The molecule has 1 aliphatic heterocycles. The Balaban J connectivity index is 1.39. The predicted octanol–water partition coefficient (Wildman–Crippen LogP) is 4.13. The number of anilines is 2. The van der Waals surface area contributed by atoms with E-state index in [0.717, 1.165) is 5.75 Å². The number of nitrogens with zero attached hydrogens (tertiary/aromatic N) is 1. The number of hydrogen-bond donors (Lipinski definition) is 1. The van der Waals surface area contributed by atoms with Crippen molar-refractivity contribution in [2.24, 2.45) is 0 Å². The summed E-state index contributed by atoms with van der Waals surface area (Å²) in [6.45, 7) is 1.01. The number of fused-ring (bicyclic) bond motifs is 1. The van der Waals surface area contributed by atoms with Gasteiger partial charge in [0.25, 0.3) is 11.8 Å². The molecular formula is C24H22N2O4. The first-order valence-corrected chi connectivity index (χ1v) is 9.82. The van der Waals surface area contributed by atoms with E-state index in [2.05, 4.69) is 5.32 Å². The summed E-state index contributed by atoms with van der Waals surface area (Å²) in [5, 5.41) is 2.86. The minimum absolute atomic E-state index is 0.0252. The number of carbonyl (C=O) groups excluding carboxylic acids is 2. The molecule has 0 aromatic heterocycles. The van der Waals surface area contributed by atoms with Gasteiger partial charge in [-0.2, -0.15) is 0 Å². The Morgan fingerprint density at radius 2 is 1.73 bits per heavy atom. The molecule has 2 amide bonds. The molecule has 3 aromatic carbocycles. The van der Waals surface area contributed by atoms with E-state index in [-0.39, 0.29) is 18.4 Å². The van der Waals surface area contributed by atoms with E-state index in [9.17, 15) is 9.59 Å². The van der Waals surface area contributed by atoms with Crippen molar-refractivity contribution in [3.8, 4) is 11.5 Å². The number of para-hydroxylation sites is 1. The van der Waals surface area contributed by atoms with Crippen LogP contribution in [0, 0.1) is 0 Å². The Morgan fingerprint density at radius 1 is 1.00 bits per heavy atom. The number of amides is 2. The molecule has 0 spiro atoms. The topological polar surface area (TPSA) is 67.9 Å². The van der Waals surface area contributed by atoms with E-state index in [0.29, 0.717) is 42.3 Å². The third-order valence-electron chi connectivity index (χ3n) is 4.73. The summed E-state index contributed by atoms with van der Waals surface area (Å²) in [6, 6.07) is 23.9. The third-order valence-corrected chi connectivity index (χ3v) is 4.73. The van der Waals surface area contributed by atoms with E-state index < -0.39 is 0 Å². The lowest BCUT2D eigenvalue weighted by Gasteiger charge is -2.29. The van der Waals surface area contributed by atoms with Crippen LogP contribution in [0.15, 0.2) is 78.9 Å². The number of carbonyl (C=O) groups is 2. The lowest BCUT2D eigenvalue weighted by Crippen LogP contribution is -2.39. The van der Waals surface area contributed by atoms with E-state index in [4.69, 9.17) is 9.47 Å². The molecule has 0 atom stereocenters. The van der Waals surface area contributed by atoms with Crippen LogP contribution in [0.5, 0.6) is 11.5 Å². The van der Waals surface area contributed by atoms with Crippen molar-refractivity contribution in [2.75, 3.05) is 30.0 Å². The molecule has 0 unspecified atom stereocenters. The fourth-order valence-electron chi connectivity index (χ4n) is 3.25. The van der Waals surface area contributed by atoms with Gasteiger partial charge in [0.1, 0.15) is 11.5 Å². The molecule has 6 nitrogen and oxygen atoms in total. The van der Waals surface area contributed by atoms with Crippen LogP contribution in [0.2, 0.25) is 0 Å². The summed E-state index contributed by atoms with van der Waals surface area (Å²) in [7, 11) is 0. The fourth-order valence-corrected chi connectivity index (χ4v) is 3.25. The largest absolute Gasteiger partial charge is 0.494 e. The SMILES string of the molecule is O=C(Nc1ccc2c(c1)OCC(=O)N2CCCOc1ccccc1)c1ccccc1. The van der Waals surface area contributed by atoms with Gasteiger partial charge in [0.05, 0.1) is 12.3 Å². The standard InChI is InChI=1S/C24H22N2O4/c27-23-17-30-22-16-19(25-24(28)18-8-3-1-4-9-18)12-13-21(22)26(23)14-7-15-29-20-10-5-2-6-11-20/h1-6,8-13,16H,7,14-15,17H2,(H,25,28). The number of benzene rings is 3. The molecule has 30 heavy (non-hydrogen) atoms. The fraction of sp³-hybridized carbons (Fsp3) is 0.167. The zero-order valence-corrected chi connectivity index (χ0v) is 16.4. The maximum Gasteiger partial charge on any atom is 0.265 e. The molecule has 0 saturated carbocycles. The van der Waals surface area contributed by atoms with Gasteiger partial charge in [-0.15, -0.1) is 0 Å². The zero-order valence-electron chi connectivity index (χ0n) is 16.4. The Morgan fingerprint density at radius 3 is 2.50 bits per heavy atom. The molecule has 1 aliphatic rings. The molecule has 0 saturated heterocycles. The molecule has 0 bridgehead atoms. The van der Waals surface area contributed by atoms with Gasteiger partial charge < -0.3 is 19.7 Å². The van der Waals surface area contributed by atoms with E-state index >= 15 is 0 Å². The Kier molecular flexibility index (Phi) is 5.94. The van der Waals surface area contributed by atoms with Gasteiger partial charge in [-0.05, 0) is 42.8 Å². The Bertz CT molecular complexity index is 1020. The van der Waals surface area contributed by atoms with Crippen molar-refractivity contribution in [3.05, 3.63) is 84.4 Å². The van der Waals surface area contributed by atoms with E-state index in [1.54, 1.807) is 35.2 Å². The summed E-state index contributed by atoms with van der Waals surface area (Å²) < 4.78 is 11.3. The van der Waals surface area contributed by atoms with Crippen molar-refractivity contribution in [2.45, 2.75) is 6.42 Å². The zero-order chi connectivity index (χ0) is 20.8. The van der Waals surface area contributed by atoms with Gasteiger partial charge >= 0.3 is 0 Å². The van der Waals surface area contributed by atoms with Crippen LogP contribution in [-0.2, 0) is 4.79 Å². The predicted molar refractivity (Wildman–Crippen MR) is 115 cm³/mol. The van der Waals surface area contributed by atoms with Crippen LogP contribution < -0.4 is 19.7 Å². The van der Waals surface area contributed by atoms with Crippen LogP contribution in [0.4, 0.5) is 11.4 Å². The van der Waals surface area contributed by atoms with Gasteiger partial charge in [0.15, 0.2) is 6.61 Å². The molecule has 6 heteroatoms. The number of hydrogen-bond acceptors (Lipinski definition) is 4. The molecule has 1 N–H and O–H groups in total. The van der Waals surface area contributed by atoms with Crippen molar-refractivity contribution in [1.29, 1.82) is 0 Å². The Hall–Kier alpha value is -3.80. The third kappa shape index (κ3) is 4.60. The number of ether oxygens (including phenoxy) is 2. The van der Waals surface area contributed by atoms with Gasteiger partial charge in [0, 0.05) is 23.9 Å². The molecular weight excluding hydrogens is 380 g/mol. The monoisotopic (exact) mass is 402 g/mol. The number of rotatable bonds is 7. The first-order valence-electron chi connectivity index (χ1n) is 9.82. The molecule has 0 fully saturated rings. The maximum atomic E-state index is 12.4. The average Bonchev–Trinajstić information content (AvgIpc) is 2.79. The Labute approximate surface area is 175 Å². The lowest BCUT2D eigenvalue weighted by molar-refractivity contribution is -0.121. The van der Waals surface area contributed by atoms with Crippen LogP contribution >= 0.6 is 0 Å². The van der Waals surface area contributed by atoms with Gasteiger partial charge in [-0.1, -0.05) is 36.4 Å². The molecule has 4 rings (SSSR count). The second-order valence-electron chi connectivity index (χ2n) is 6.85. The number of nitrogens with one attached hydrogen (secondary N) is 1. The highest BCUT2D eigenvalue weighted by atomic mass is 16.5. The summed E-state index contributed by atoms with van der Waals surface area (Å²) in [4.78, 5) is 26.4. The average molecular weight is 402 g/mol. The van der Waals surface area contributed by atoms with Crippen molar-refractivity contribution in [3.63, 3.8) is 0 Å². The molecule has 3 aromatic rings. The smallest absolute Gasteiger partial charge is 0.265 e. The van der Waals surface area contributed by atoms with Crippen LogP contribution in [-0.4, -0.2) is 31.6 Å². The minimum atomic E-state index is -0.197. The summed E-state index contributed by atoms with van der Waals surface area (Å²) in [5.74, 6) is 1.09. The van der Waals surface area contributed by atoms with Gasteiger partial charge in [0.2, 0.25) is 0 Å². The minimum Gasteiger partial charge on any atom is -0.494 e. The van der Waals surface area contributed by atoms with Gasteiger partial charge in [-0.3, -0.25) is 9.59 Å². The summed E-state index contributed by atoms with van der Waals surface area (Å²) in [6.07, 6.45) is 0.687. The maximum absolute atomic E-state index is 12.4. The molecule has 152 valence electrons. The highest BCUT2D eigenvalue weighted by Crippen LogP contribution is 2.34. The summed E-state index contributed by atoms with van der Waals surface area (Å²) >= 11 is 0. The quantitative estimate of drug-likeness (QED) is 0.604. The van der Waals surface area contributed by atoms with Crippen molar-refractivity contribution >= 4 is 23.2 Å². The van der Waals surface area contributed by atoms with Crippen LogP contribution in [0.3, 0.4) is 0 Å². The van der Waals surface area contributed by atoms with E-state index in [1.807, 2.05) is 48.5 Å². The highest BCUT2D eigenvalue weighted by molar-refractivity contribution is 6.05. The highest BCUT2D eigenvalue weighted by Gasteiger charge is 2.25. The van der Waals surface area contributed by atoms with Crippen LogP contribution in [0.25, 0.3) is 0 Å². The molecule has 0 aliphatic carbocycles. The van der Waals surface area contributed by atoms with Gasteiger partial charge in [-0.25, -0.2) is 0 Å². The summed E-state index contributed by atoms with van der Waals surface area (Å²) in [5.41, 5.74) is 1.89. The van der Waals surface area contributed by atoms with Crippen LogP contribution in [0.1, 0.15) is 16.8 Å². The molecule has 1 heterocycles. The van der Waals surface area contributed by atoms with Crippen molar-refractivity contribution in [1.82, 2.24) is 0 Å². The second-order valence-corrected chi connectivity index (χ2v) is 6.85. The normalized spacial score (nSPS) is 12.7. The van der Waals surface area contributed by atoms with E-state index in [1.165, 1.54) is 0 Å².